The number of nitrogens with zero attached hydrogens (tertiary/aromatic N) is 1. The van der Waals surface area contributed by atoms with Gasteiger partial charge in [-0.2, -0.15) is 0 Å². The monoisotopic (exact) mass is 442 g/mol. The number of likely N-dealkylation sites (N-methyl/N-ethyl adjacent to an activating group) is 1. The number of quaternary nitrogens is 1. The van der Waals surface area contributed by atoms with Gasteiger partial charge in [0.2, 0.25) is 0 Å². The number of allylic oxidation sites excluding steroid dienone is 2. The van der Waals surface area contributed by atoms with Crippen LogP contribution in [0.4, 0.5) is 0 Å². The first kappa shape index (κ1) is 29.8. The first-order valence-corrected chi connectivity index (χ1v) is 12.2. The Kier molecular flexibility index (Phi) is 16.6. The summed E-state index contributed by atoms with van der Waals surface area (Å²) in [6, 6.07) is 0. The van der Waals surface area contributed by atoms with E-state index in [4.69, 9.17) is 0 Å². The Hall–Kier alpha value is -1.24. The molecule has 0 aliphatic rings. The number of aliphatic carboxylic acids is 1. The molecule has 0 aromatic rings. The summed E-state index contributed by atoms with van der Waals surface area (Å²) in [6.45, 7) is 2.41. The van der Waals surface area contributed by atoms with E-state index in [9.17, 15) is 24.9 Å². The second-order valence-corrected chi connectivity index (χ2v) is 9.86. The molecule has 0 fully saturated rings. The van der Waals surface area contributed by atoms with Crippen molar-refractivity contribution in [1.29, 1.82) is 0 Å². The number of carbonyl (C=O) groups excluding carboxylic acids is 1. The van der Waals surface area contributed by atoms with E-state index in [0.29, 0.717) is 10.9 Å². The average Bonchev–Trinajstić information content (AvgIpc) is 2.64. The molecule has 0 aromatic heterocycles. The second-order valence-electron chi connectivity index (χ2n) is 9.86. The Labute approximate surface area is 189 Å². The fourth-order valence-electron chi connectivity index (χ4n) is 3.75. The fraction of sp³-hybridized carbons (Fsp3) is 0.840. The molecule has 0 bridgehead atoms. The Morgan fingerprint density at radius 2 is 1.35 bits per heavy atom. The Balaban J connectivity index is 3.93. The van der Waals surface area contributed by atoms with E-state index in [-0.39, 0.29) is 12.6 Å². The van der Waals surface area contributed by atoms with Crippen molar-refractivity contribution in [3.05, 3.63) is 12.2 Å². The number of aliphatic hydroxyl groups is 2. The predicted octanol–water partition coefficient (Wildman–Crippen LogP) is 4.33. The number of rotatable bonds is 20. The molecule has 182 valence electrons. The molecule has 0 radical (unpaired) electrons. The zero-order valence-electron chi connectivity index (χ0n) is 20.4. The minimum atomic E-state index is -1.42. The lowest BCUT2D eigenvalue weighted by molar-refractivity contribution is -0.873. The zero-order valence-corrected chi connectivity index (χ0v) is 20.4. The molecule has 0 amide bonds. The molecule has 6 nitrogen and oxygen atoms in total. The van der Waals surface area contributed by atoms with Gasteiger partial charge in [-0.25, -0.2) is 0 Å². The first-order chi connectivity index (χ1) is 14.6. The highest BCUT2D eigenvalue weighted by Crippen LogP contribution is 2.14. The van der Waals surface area contributed by atoms with Gasteiger partial charge in [-0.3, -0.25) is 9.59 Å². The number of unbranched alkanes of at least 4 members (excludes halogenated alkanes) is 9. The fourth-order valence-corrected chi connectivity index (χ4v) is 3.75. The smallest absolute Gasteiger partial charge is 0.317 e. The summed E-state index contributed by atoms with van der Waals surface area (Å²) in [5, 5.41) is 29.5. The van der Waals surface area contributed by atoms with Gasteiger partial charge in [0.15, 0.2) is 11.7 Å². The Morgan fingerprint density at radius 1 is 0.839 bits per heavy atom. The lowest BCUT2D eigenvalue weighted by atomic mass is 9.96. The number of carbonyl (C=O) groups is 2. The van der Waals surface area contributed by atoms with E-state index >= 15 is 0 Å². The summed E-state index contributed by atoms with van der Waals surface area (Å²) in [6.07, 6.45) is 15.6. The molecule has 0 rings (SSSR count). The van der Waals surface area contributed by atoms with Gasteiger partial charge in [0.25, 0.3) is 0 Å². The van der Waals surface area contributed by atoms with Crippen molar-refractivity contribution in [3.63, 3.8) is 0 Å². The summed E-state index contributed by atoms with van der Waals surface area (Å²) in [5.41, 5.74) is 0. The molecule has 0 aliphatic heterocycles. The lowest BCUT2D eigenvalue weighted by Crippen LogP contribution is -2.47. The van der Waals surface area contributed by atoms with Crippen molar-refractivity contribution in [2.75, 3.05) is 27.7 Å². The van der Waals surface area contributed by atoms with Crippen LogP contribution in [0.3, 0.4) is 0 Å². The van der Waals surface area contributed by atoms with Gasteiger partial charge >= 0.3 is 5.97 Å². The van der Waals surface area contributed by atoms with Gasteiger partial charge in [-0.1, -0.05) is 70.8 Å². The maximum absolute atomic E-state index is 12.2. The molecule has 0 saturated carbocycles. The molecular weight excluding hydrogens is 394 g/mol. The van der Waals surface area contributed by atoms with Crippen molar-refractivity contribution in [3.8, 4) is 0 Å². The SMILES string of the molecule is CCCCCCCCC(O)CCCCCC/C=C\C(=O)C(C(=O)O)C(O)C[N+](C)(C)C. The van der Waals surface area contributed by atoms with Crippen LogP contribution in [0.2, 0.25) is 0 Å². The highest BCUT2D eigenvalue weighted by Gasteiger charge is 2.35. The molecule has 0 saturated heterocycles. The topological polar surface area (TPSA) is 94.8 Å². The minimum Gasteiger partial charge on any atom is -0.481 e. The number of hydrogen-bond acceptors (Lipinski definition) is 4. The number of carboxylic acids is 1. The number of ketones is 1. The van der Waals surface area contributed by atoms with Crippen LogP contribution in [0.5, 0.6) is 0 Å². The van der Waals surface area contributed by atoms with Crippen LogP contribution in [-0.4, -0.2) is 71.5 Å². The second kappa shape index (κ2) is 17.3. The lowest BCUT2D eigenvalue weighted by Gasteiger charge is -2.28. The van der Waals surface area contributed by atoms with Crippen LogP contribution in [0.25, 0.3) is 0 Å². The molecule has 3 N–H and O–H groups in total. The predicted molar refractivity (Wildman–Crippen MR) is 126 cm³/mol. The maximum atomic E-state index is 12.2. The molecule has 0 heterocycles. The average molecular weight is 443 g/mol. The van der Waals surface area contributed by atoms with E-state index in [1.54, 1.807) is 6.08 Å². The van der Waals surface area contributed by atoms with Crippen LogP contribution < -0.4 is 0 Å². The van der Waals surface area contributed by atoms with Crippen LogP contribution in [0.1, 0.15) is 90.4 Å². The third-order valence-electron chi connectivity index (χ3n) is 5.52. The van der Waals surface area contributed by atoms with E-state index in [1.165, 1.54) is 38.2 Å². The van der Waals surface area contributed by atoms with Crippen molar-refractivity contribution in [2.24, 2.45) is 5.92 Å². The molecule has 0 aliphatic carbocycles. The number of hydrogen-bond donors (Lipinski definition) is 3. The van der Waals surface area contributed by atoms with E-state index < -0.39 is 23.8 Å². The summed E-state index contributed by atoms with van der Waals surface area (Å²) < 4.78 is 0.385. The quantitative estimate of drug-likeness (QED) is 0.113. The highest BCUT2D eigenvalue weighted by atomic mass is 16.4. The summed E-state index contributed by atoms with van der Waals surface area (Å²) in [4.78, 5) is 23.6. The van der Waals surface area contributed by atoms with Crippen molar-refractivity contribution < 1.29 is 29.4 Å². The number of carboxylic acid groups (broad SMARTS) is 1. The molecule has 3 atom stereocenters. The van der Waals surface area contributed by atoms with E-state index in [1.807, 2.05) is 21.1 Å². The molecule has 0 aromatic carbocycles. The Morgan fingerprint density at radius 3 is 1.87 bits per heavy atom. The highest BCUT2D eigenvalue weighted by molar-refractivity contribution is 6.04. The largest absolute Gasteiger partial charge is 0.481 e. The summed E-state index contributed by atoms with van der Waals surface area (Å²) in [5.74, 6) is -3.25. The van der Waals surface area contributed by atoms with Gasteiger partial charge in [0.05, 0.1) is 27.2 Å². The third kappa shape index (κ3) is 17.0. The molecule has 6 heteroatoms. The third-order valence-corrected chi connectivity index (χ3v) is 5.52. The van der Waals surface area contributed by atoms with Crippen molar-refractivity contribution in [2.45, 2.75) is 103 Å². The van der Waals surface area contributed by atoms with E-state index in [2.05, 4.69) is 6.92 Å². The van der Waals surface area contributed by atoms with Crippen molar-refractivity contribution >= 4 is 11.8 Å². The van der Waals surface area contributed by atoms with Gasteiger partial charge in [-0.05, 0) is 31.8 Å². The van der Waals surface area contributed by atoms with Crippen LogP contribution in [0.15, 0.2) is 12.2 Å². The van der Waals surface area contributed by atoms with Crippen LogP contribution in [-0.2, 0) is 9.59 Å². The zero-order chi connectivity index (χ0) is 23.7. The molecule has 0 spiro atoms. The summed E-state index contributed by atoms with van der Waals surface area (Å²) in [7, 11) is 5.53. The first-order valence-electron chi connectivity index (χ1n) is 12.2. The maximum Gasteiger partial charge on any atom is 0.317 e. The molecule has 3 unspecified atom stereocenters. The van der Waals surface area contributed by atoms with Crippen molar-refractivity contribution in [1.82, 2.24) is 0 Å². The standard InChI is InChI=1S/C25H47NO5/c1-5-6-7-8-11-14-17-21(27)18-15-12-9-10-13-16-19-22(28)24(25(30)31)23(29)20-26(2,3)4/h16,19,21,23-24,27,29H,5-15,17-18,20H2,1-4H3/p+1/b19-16-. The van der Waals surface area contributed by atoms with Crippen LogP contribution in [0, 0.1) is 5.92 Å². The Bertz CT molecular complexity index is 513. The van der Waals surface area contributed by atoms with Gasteiger partial charge in [0, 0.05) is 0 Å². The van der Waals surface area contributed by atoms with Gasteiger partial charge in [-0.15, -0.1) is 0 Å². The molecular formula is C25H48NO5+. The number of aliphatic hydroxyl groups excluding tert-OH is 2. The molecule has 31 heavy (non-hydrogen) atoms. The minimum absolute atomic E-state index is 0.185. The van der Waals surface area contributed by atoms with E-state index in [0.717, 1.165) is 44.9 Å². The van der Waals surface area contributed by atoms with Crippen LogP contribution >= 0.6 is 0 Å². The normalized spacial score (nSPS) is 15.2. The van der Waals surface area contributed by atoms with Gasteiger partial charge < -0.3 is 19.8 Å². The summed E-state index contributed by atoms with van der Waals surface area (Å²) >= 11 is 0. The van der Waals surface area contributed by atoms with Gasteiger partial charge in [0.1, 0.15) is 12.6 Å².